The minimum absolute atomic E-state index is 0.0399. The molecule has 22 heavy (non-hydrogen) atoms. The lowest BCUT2D eigenvalue weighted by molar-refractivity contribution is -0.0763. The summed E-state index contributed by atoms with van der Waals surface area (Å²) in [5.41, 5.74) is 1.33. The molecule has 120 valence electrons. The largest absolute Gasteiger partial charge is 0.467 e. The van der Waals surface area contributed by atoms with Crippen LogP contribution in [0.25, 0.3) is 0 Å². The van der Waals surface area contributed by atoms with Crippen molar-refractivity contribution < 1.29 is 14.6 Å². The number of ether oxygens (including phenoxy) is 2. The molecule has 1 aromatic rings. The molecule has 4 rings (SSSR count). The van der Waals surface area contributed by atoms with Gasteiger partial charge in [-0.15, -0.1) is 0 Å². The summed E-state index contributed by atoms with van der Waals surface area (Å²) in [7, 11) is 0. The zero-order valence-electron chi connectivity index (χ0n) is 14.1. The third-order valence-electron chi connectivity index (χ3n) is 5.30. The fraction of sp³-hybridized carbons (Fsp3) is 0.750. The first kappa shape index (κ1) is 13.1. The van der Waals surface area contributed by atoms with Crippen LogP contribution in [0.15, 0.2) is 0 Å². The highest BCUT2D eigenvalue weighted by atomic mass is 16.6. The Bertz CT molecular complexity index is 614. The van der Waals surface area contributed by atoms with Crippen LogP contribution in [0.4, 0.5) is 5.69 Å². The SMILES string of the molecule is [3H]OCCC[C@H]1C[C@@H]2CCO[C@@]23Nc2c(C)nc(C)nc2O[C@@H]13. The Labute approximate surface area is 131 Å². The van der Waals surface area contributed by atoms with Crippen LogP contribution in [-0.2, 0) is 4.74 Å². The zero-order chi connectivity index (χ0) is 16.0. The monoisotopic (exact) mass is 307 g/mol. The molecule has 3 aliphatic rings. The van der Waals surface area contributed by atoms with Crippen molar-refractivity contribution in [1.29, 1.82) is 1.43 Å². The minimum Gasteiger partial charge on any atom is -0.467 e. The maximum Gasteiger partial charge on any atom is 0.241 e. The number of hydrogen-bond acceptors (Lipinski definition) is 6. The van der Waals surface area contributed by atoms with Gasteiger partial charge in [0.1, 0.15) is 11.5 Å². The van der Waals surface area contributed by atoms with Crippen molar-refractivity contribution in [1.82, 2.24) is 9.97 Å². The van der Waals surface area contributed by atoms with Gasteiger partial charge in [0, 0.05) is 18.4 Å². The lowest BCUT2D eigenvalue weighted by Crippen LogP contribution is -2.56. The summed E-state index contributed by atoms with van der Waals surface area (Å²) in [5.74, 6) is 2.21. The number of aromatic nitrogens is 2. The van der Waals surface area contributed by atoms with Gasteiger partial charge in [-0.1, -0.05) is 0 Å². The van der Waals surface area contributed by atoms with Crippen LogP contribution in [0.1, 0.15) is 37.2 Å². The van der Waals surface area contributed by atoms with Gasteiger partial charge in [0.15, 0.2) is 11.8 Å². The van der Waals surface area contributed by atoms with Crippen molar-refractivity contribution in [2.24, 2.45) is 11.8 Å². The molecule has 6 nitrogen and oxygen atoms in total. The summed E-state index contributed by atoms with van der Waals surface area (Å²) in [5, 5.41) is 8.07. The molecule has 1 saturated carbocycles. The Balaban J connectivity index is 1.66. The molecule has 2 fully saturated rings. The molecule has 1 aromatic heterocycles. The Hall–Kier alpha value is -1.40. The second-order valence-corrected chi connectivity index (χ2v) is 6.67. The summed E-state index contributed by atoms with van der Waals surface area (Å²) in [6.07, 6.45) is 3.94. The van der Waals surface area contributed by atoms with Crippen LogP contribution in [0.3, 0.4) is 0 Å². The molecule has 6 heteroatoms. The molecule has 4 atom stereocenters. The van der Waals surface area contributed by atoms with Crippen LogP contribution in [0.2, 0.25) is 0 Å². The van der Waals surface area contributed by atoms with Gasteiger partial charge in [0.25, 0.3) is 0 Å². The lowest BCUT2D eigenvalue weighted by atomic mass is 9.95. The van der Waals surface area contributed by atoms with E-state index in [0.29, 0.717) is 24.3 Å². The molecular weight excluding hydrogens is 282 g/mol. The van der Waals surface area contributed by atoms with Crippen molar-refractivity contribution in [3.8, 4) is 5.88 Å². The van der Waals surface area contributed by atoms with Gasteiger partial charge in [0.2, 0.25) is 7.31 Å². The highest BCUT2D eigenvalue weighted by Crippen LogP contribution is 2.54. The summed E-state index contributed by atoms with van der Waals surface area (Å²) in [4.78, 5) is 8.92. The molecule has 0 aromatic carbocycles. The quantitative estimate of drug-likeness (QED) is 0.826. The van der Waals surface area contributed by atoms with Crippen molar-refractivity contribution >= 4 is 5.69 Å². The number of aliphatic hydroxyl groups is 1. The second kappa shape index (κ2) is 5.06. The third kappa shape index (κ3) is 1.93. The maximum absolute atomic E-state index is 6.84. The van der Waals surface area contributed by atoms with E-state index >= 15 is 0 Å². The number of aliphatic hydroxyl groups excluding tert-OH is 1. The van der Waals surface area contributed by atoms with Gasteiger partial charge in [-0.3, -0.25) is 0 Å². The first-order chi connectivity index (χ1) is 11.1. The van der Waals surface area contributed by atoms with E-state index in [1.807, 2.05) is 13.8 Å². The average molecular weight is 307 g/mol. The van der Waals surface area contributed by atoms with Crippen LogP contribution in [0.5, 0.6) is 5.88 Å². The van der Waals surface area contributed by atoms with E-state index in [1.54, 1.807) is 0 Å². The van der Waals surface area contributed by atoms with E-state index < -0.39 is 5.72 Å². The first-order valence-corrected chi connectivity index (χ1v) is 8.16. The fourth-order valence-electron chi connectivity index (χ4n) is 4.38. The Morgan fingerprint density at radius 2 is 2.36 bits per heavy atom. The first-order valence-electron chi connectivity index (χ1n) is 8.57. The molecule has 0 amide bonds. The van der Waals surface area contributed by atoms with Crippen LogP contribution in [0, 0.1) is 25.7 Å². The predicted octanol–water partition coefficient (Wildman–Crippen LogP) is 1.79. The van der Waals surface area contributed by atoms with E-state index in [4.69, 9.17) is 10.9 Å². The van der Waals surface area contributed by atoms with Gasteiger partial charge in [-0.05, 0) is 39.5 Å². The zero-order valence-corrected chi connectivity index (χ0v) is 13.1. The second-order valence-electron chi connectivity index (χ2n) is 6.67. The predicted molar refractivity (Wildman–Crippen MR) is 80.8 cm³/mol. The number of aryl methyl sites for hydroxylation is 2. The van der Waals surface area contributed by atoms with E-state index in [0.717, 1.165) is 49.5 Å². The van der Waals surface area contributed by atoms with Crippen molar-refractivity contribution in [2.45, 2.75) is 51.4 Å². The number of nitrogens with zero attached hydrogens (tertiary/aromatic N) is 2. The van der Waals surface area contributed by atoms with Gasteiger partial charge in [-0.25, -0.2) is 4.98 Å². The number of hydrogen-bond donors (Lipinski definition) is 2. The van der Waals surface area contributed by atoms with Crippen LogP contribution < -0.4 is 10.1 Å². The topological polar surface area (TPSA) is 76.5 Å². The Kier molecular flexibility index (Phi) is 3.01. The van der Waals surface area contributed by atoms with Gasteiger partial charge >= 0.3 is 0 Å². The van der Waals surface area contributed by atoms with Gasteiger partial charge in [-0.2, -0.15) is 4.98 Å². The smallest absolute Gasteiger partial charge is 0.241 e. The van der Waals surface area contributed by atoms with Crippen molar-refractivity contribution in [3.05, 3.63) is 11.5 Å². The highest BCUT2D eigenvalue weighted by molar-refractivity contribution is 5.60. The van der Waals surface area contributed by atoms with E-state index in [1.165, 1.54) is 0 Å². The lowest BCUT2D eigenvalue weighted by Gasteiger charge is -2.42. The van der Waals surface area contributed by atoms with E-state index in [-0.39, 0.29) is 6.10 Å². The standard InChI is InChI=1S/C16H23N3O3/c1-9-13-15(18-10(2)17-9)22-14-11(4-3-6-20)8-12-5-7-21-16(12,14)19-13/h11-12,14,19-20H,3-8H2,1-2H3/t11-,12-,14-,16-/m0/s1/i20T. The normalized spacial score (nSPS) is 35.9. The van der Waals surface area contributed by atoms with Crippen molar-refractivity contribution in [3.63, 3.8) is 0 Å². The fourth-order valence-corrected chi connectivity index (χ4v) is 4.38. The van der Waals surface area contributed by atoms with Crippen molar-refractivity contribution in [2.75, 3.05) is 18.5 Å². The Morgan fingerprint density at radius 3 is 3.23 bits per heavy atom. The minimum atomic E-state index is -0.442. The molecule has 1 spiro atoms. The maximum atomic E-state index is 6.84. The summed E-state index contributed by atoms with van der Waals surface area (Å²) < 4.78 is 19.4. The number of anilines is 1. The summed E-state index contributed by atoms with van der Waals surface area (Å²) in [6.45, 7) is 5.09. The van der Waals surface area contributed by atoms with Gasteiger partial charge < -0.3 is 19.9 Å². The summed E-state index contributed by atoms with van der Waals surface area (Å²) >= 11 is 0. The molecule has 2 aliphatic heterocycles. The molecule has 1 saturated heterocycles. The third-order valence-corrected chi connectivity index (χ3v) is 5.30. The Morgan fingerprint density at radius 1 is 1.45 bits per heavy atom. The molecule has 3 heterocycles. The van der Waals surface area contributed by atoms with E-state index in [9.17, 15) is 0 Å². The van der Waals surface area contributed by atoms with Crippen LogP contribution in [-0.4, -0.2) is 41.6 Å². The number of rotatable bonds is 4. The van der Waals surface area contributed by atoms with Crippen LogP contribution >= 0.6 is 0 Å². The highest BCUT2D eigenvalue weighted by Gasteiger charge is 2.62. The average Bonchev–Trinajstić information content (AvgIpc) is 3.01. The molecule has 0 radical (unpaired) electrons. The molecule has 0 bridgehead atoms. The summed E-state index contributed by atoms with van der Waals surface area (Å²) in [6, 6.07) is 0. The molecule has 2 N–H and O–H groups in total. The molecule has 0 unspecified atom stereocenters. The van der Waals surface area contributed by atoms with Gasteiger partial charge in [0.05, 0.1) is 12.3 Å². The molecule has 1 aliphatic carbocycles. The molecular formula is C16H23N3O3. The number of nitrogens with one attached hydrogen (secondary N) is 1. The van der Waals surface area contributed by atoms with E-state index in [2.05, 4.69) is 20.4 Å². The number of fused-ring (bicyclic) bond motifs is 1.